The Labute approximate surface area is 156 Å². The molecule has 2 N–H and O–H groups in total. The second kappa shape index (κ2) is 6.37. The van der Waals surface area contributed by atoms with Crippen molar-refractivity contribution in [2.24, 2.45) is 4.99 Å². The quantitative estimate of drug-likeness (QED) is 0.573. The van der Waals surface area contributed by atoms with E-state index >= 15 is 0 Å². The first kappa shape index (κ1) is 15.8. The number of hydrogen-bond donors (Lipinski definition) is 2. The van der Waals surface area contributed by atoms with E-state index in [1.807, 2.05) is 43.6 Å². The summed E-state index contributed by atoms with van der Waals surface area (Å²) < 4.78 is 5.55. The summed E-state index contributed by atoms with van der Waals surface area (Å²) in [4.78, 5) is 9.00. The van der Waals surface area contributed by atoms with Crippen LogP contribution in [0, 0.1) is 0 Å². The highest BCUT2D eigenvalue weighted by atomic mass is 16.3. The first-order valence-corrected chi connectivity index (χ1v) is 8.87. The third-order valence-corrected chi connectivity index (χ3v) is 4.88. The normalized spacial score (nSPS) is 15.9. The number of pyridine rings is 1. The Balaban J connectivity index is 1.63. The van der Waals surface area contributed by atoms with Crippen LogP contribution >= 0.6 is 0 Å². The lowest BCUT2D eigenvalue weighted by atomic mass is 9.97. The van der Waals surface area contributed by atoms with Crippen molar-refractivity contribution < 1.29 is 4.42 Å². The average Bonchev–Trinajstić information content (AvgIpc) is 3.22. The Morgan fingerprint density at radius 2 is 2.00 bits per heavy atom. The van der Waals surface area contributed by atoms with E-state index in [0.29, 0.717) is 0 Å². The number of furan rings is 1. The van der Waals surface area contributed by atoms with Gasteiger partial charge in [-0.15, -0.1) is 0 Å². The van der Waals surface area contributed by atoms with Crippen LogP contribution in [0.25, 0.3) is 22.1 Å². The molecule has 0 saturated carbocycles. The Hall–Kier alpha value is -3.44. The minimum absolute atomic E-state index is 0.0313. The van der Waals surface area contributed by atoms with Crippen molar-refractivity contribution in [1.82, 2.24) is 15.6 Å². The van der Waals surface area contributed by atoms with E-state index in [2.05, 4.69) is 39.9 Å². The molecule has 5 heteroatoms. The van der Waals surface area contributed by atoms with Gasteiger partial charge in [-0.3, -0.25) is 10.3 Å². The van der Waals surface area contributed by atoms with Crippen LogP contribution in [-0.2, 0) is 0 Å². The fourth-order valence-electron chi connectivity index (χ4n) is 3.55. The lowest BCUT2D eigenvalue weighted by molar-refractivity contribution is 0.555. The fourth-order valence-corrected chi connectivity index (χ4v) is 3.55. The second-order valence-electron chi connectivity index (χ2n) is 6.48. The molecule has 2 aromatic carbocycles. The van der Waals surface area contributed by atoms with Crippen LogP contribution in [0.5, 0.6) is 0 Å². The number of hydrogen-bond acceptors (Lipinski definition) is 5. The third kappa shape index (κ3) is 2.69. The zero-order valence-corrected chi connectivity index (χ0v) is 14.8. The summed E-state index contributed by atoms with van der Waals surface area (Å²) in [5.41, 5.74) is 6.23. The van der Waals surface area contributed by atoms with Gasteiger partial charge in [0.15, 0.2) is 0 Å². The van der Waals surface area contributed by atoms with E-state index in [1.165, 1.54) is 0 Å². The van der Waals surface area contributed by atoms with E-state index in [0.717, 1.165) is 44.7 Å². The Morgan fingerprint density at radius 3 is 2.85 bits per heavy atom. The van der Waals surface area contributed by atoms with E-state index in [4.69, 9.17) is 9.41 Å². The Bertz CT molecular complexity index is 1150. The van der Waals surface area contributed by atoms with Gasteiger partial charge >= 0.3 is 0 Å². The lowest BCUT2D eigenvalue weighted by Crippen LogP contribution is -2.39. The lowest BCUT2D eigenvalue weighted by Gasteiger charge is -2.27. The highest BCUT2D eigenvalue weighted by Gasteiger charge is 2.22. The number of fused-ring (bicyclic) bond motifs is 2. The highest BCUT2D eigenvalue weighted by molar-refractivity contribution is 6.02. The van der Waals surface area contributed by atoms with Crippen molar-refractivity contribution >= 4 is 22.5 Å². The summed E-state index contributed by atoms with van der Waals surface area (Å²) in [6, 6.07) is 18.4. The molecule has 0 spiro atoms. The monoisotopic (exact) mass is 354 g/mol. The van der Waals surface area contributed by atoms with Crippen molar-refractivity contribution in [2.45, 2.75) is 6.17 Å². The molecule has 1 atom stereocenters. The summed E-state index contributed by atoms with van der Waals surface area (Å²) in [5, 5.41) is 7.92. The van der Waals surface area contributed by atoms with Crippen LogP contribution in [0.15, 0.2) is 82.7 Å². The molecule has 3 heterocycles. The smallest absolute Gasteiger partial charge is 0.136 e. The number of benzene rings is 2. The maximum Gasteiger partial charge on any atom is 0.136 e. The van der Waals surface area contributed by atoms with Crippen LogP contribution in [-0.4, -0.2) is 17.9 Å². The zero-order valence-electron chi connectivity index (χ0n) is 14.8. The second-order valence-corrected chi connectivity index (χ2v) is 6.48. The third-order valence-electron chi connectivity index (χ3n) is 4.88. The van der Waals surface area contributed by atoms with Crippen molar-refractivity contribution in [3.63, 3.8) is 0 Å². The maximum absolute atomic E-state index is 5.55. The van der Waals surface area contributed by atoms with Crippen molar-refractivity contribution in [3.8, 4) is 11.1 Å². The van der Waals surface area contributed by atoms with E-state index < -0.39 is 0 Å². The molecule has 5 nitrogen and oxygen atoms in total. The minimum atomic E-state index is -0.0313. The minimum Gasteiger partial charge on any atom is -0.464 e. The molecule has 132 valence electrons. The number of rotatable bonds is 3. The number of nitrogens with one attached hydrogen (secondary N) is 2. The van der Waals surface area contributed by atoms with Gasteiger partial charge in [0.1, 0.15) is 17.6 Å². The van der Waals surface area contributed by atoms with Crippen LogP contribution in [0.2, 0.25) is 0 Å². The predicted octanol–water partition coefficient (Wildman–Crippen LogP) is 4.39. The molecular formula is C22H18N4O. The molecule has 0 saturated heterocycles. The summed E-state index contributed by atoms with van der Waals surface area (Å²) in [6.45, 7) is 0. The molecule has 27 heavy (non-hydrogen) atoms. The first-order chi connectivity index (χ1) is 13.3. The largest absolute Gasteiger partial charge is 0.464 e. The molecule has 0 amide bonds. The molecule has 0 bridgehead atoms. The molecule has 0 radical (unpaired) electrons. The molecular weight excluding hydrogens is 336 g/mol. The van der Waals surface area contributed by atoms with Crippen molar-refractivity contribution in [2.75, 3.05) is 7.05 Å². The van der Waals surface area contributed by atoms with Crippen LogP contribution in [0.4, 0.5) is 5.69 Å². The fraction of sp³-hybridized carbons (Fsp3) is 0.0909. The number of aromatic nitrogens is 1. The molecule has 1 aliphatic heterocycles. The molecule has 1 aliphatic rings. The molecule has 4 aromatic rings. The molecule has 2 aromatic heterocycles. The van der Waals surface area contributed by atoms with Gasteiger partial charge in [0.2, 0.25) is 0 Å². The van der Waals surface area contributed by atoms with Crippen molar-refractivity contribution in [3.05, 3.63) is 84.4 Å². The molecule has 0 aliphatic carbocycles. The van der Waals surface area contributed by atoms with E-state index in [9.17, 15) is 0 Å². The standard InChI is InChI=1S/C22H18N4O/c1-23-22-18-12-14(16-5-2-6-20-17(16)9-11-27-20)7-8-19(18)25-21(26-22)15-4-3-10-24-13-15/h2-13,22-23H,1H3,(H,25,26). The summed E-state index contributed by atoms with van der Waals surface area (Å²) in [6.07, 6.45) is 5.28. The highest BCUT2D eigenvalue weighted by Crippen LogP contribution is 2.36. The zero-order chi connectivity index (χ0) is 18.2. The van der Waals surface area contributed by atoms with Gasteiger partial charge < -0.3 is 9.73 Å². The number of nitrogens with zero attached hydrogens (tertiary/aromatic N) is 2. The first-order valence-electron chi connectivity index (χ1n) is 8.87. The van der Waals surface area contributed by atoms with E-state index in [1.54, 1.807) is 12.5 Å². The van der Waals surface area contributed by atoms with Crippen LogP contribution in [0.1, 0.15) is 17.3 Å². The van der Waals surface area contributed by atoms with Gasteiger partial charge in [-0.1, -0.05) is 18.2 Å². The van der Waals surface area contributed by atoms with E-state index in [-0.39, 0.29) is 6.17 Å². The van der Waals surface area contributed by atoms with Crippen molar-refractivity contribution in [1.29, 1.82) is 0 Å². The molecule has 5 rings (SSSR count). The van der Waals surface area contributed by atoms with Gasteiger partial charge in [-0.05, 0) is 54.6 Å². The topological polar surface area (TPSA) is 62.5 Å². The predicted molar refractivity (Wildman–Crippen MR) is 107 cm³/mol. The SMILES string of the molecule is CNC1NC(c2cccnc2)=Nc2ccc(-c3cccc4occc34)cc21. The van der Waals surface area contributed by atoms with Crippen LogP contribution < -0.4 is 10.6 Å². The Morgan fingerprint density at radius 1 is 1.04 bits per heavy atom. The molecule has 1 unspecified atom stereocenters. The summed E-state index contributed by atoms with van der Waals surface area (Å²) in [7, 11) is 1.94. The number of amidine groups is 1. The van der Waals surface area contributed by atoms with Gasteiger partial charge in [0.25, 0.3) is 0 Å². The summed E-state index contributed by atoms with van der Waals surface area (Å²) in [5.74, 6) is 0.819. The molecule has 0 fully saturated rings. The maximum atomic E-state index is 5.55. The summed E-state index contributed by atoms with van der Waals surface area (Å²) >= 11 is 0. The van der Waals surface area contributed by atoms with Gasteiger partial charge in [-0.2, -0.15) is 0 Å². The Kier molecular flexibility index (Phi) is 3.73. The number of aliphatic imine (C=N–C) groups is 1. The van der Waals surface area contributed by atoms with Gasteiger partial charge in [0, 0.05) is 28.9 Å². The van der Waals surface area contributed by atoms with Gasteiger partial charge in [-0.25, -0.2) is 4.99 Å². The van der Waals surface area contributed by atoms with Crippen LogP contribution in [0.3, 0.4) is 0 Å². The van der Waals surface area contributed by atoms with Gasteiger partial charge in [0.05, 0.1) is 12.0 Å². The average molecular weight is 354 g/mol.